The summed E-state index contributed by atoms with van der Waals surface area (Å²) in [6, 6.07) is 27.0. The van der Waals surface area contributed by atoms with Crippen LogP contribution in [0.4, 0.5) is 0 Å². The van der Waals surface area contributed by atoms with E-state index in [2.05, 4.69) is 0 Å². The Hall–Kier alpha value is -4.22. The molecule has 2 fully saturated rings. The molecule has 10 heteroatoms. The van der Waals surface area contributed by atoms with Gasteiger partial charge in [-0.05, 0) is 95.6 Å². The number of rotatable bonds is 11. The van der Waals surface area contributed by atoms with Crippen LogP contribution in [0.15, 0.2) is 106 Å². The lowest BCUT2D eigenvalue weighted by Gasteiger charge is -2.43. The van der Waals surface area contributed by atoms with Crippen molar-refractivity contribution in [3.63, 3.8) is 0 Å². The van der Waals surface area contributed by atoms with E-state index < -0.39 is 25.1 Å². The number of thiophene rings is 1. The molecule has 0 saturated carbocycles. The molecule has 2 saturated heterocycles. The van der Waals surface area contributed by atoms with Crippen molar-refractivity contribution < 1.29 is 33.5 Å². The van der Waals surface area contributed by atoms with Gasteiger partial charge in [-0.15, -0.1) is 11.3 Å². The molecule has 47 heavy (non-hydrogen) atoms. The highest BCUT2D eigenvalue weighted by atomic mass is 32.1. The molecular weight excluding hydrogens is 613 g/mol. The Morgan fingerprint density at radius 3 is 2.49 bits per heavy atom. The molecule has 8 nitrogen and oxygen atoms in total. The Bertz CT molecular complexity index is 1770. The molecule has 0 bridgehead atoms. The van der Waals surface area contributed by atoms with Crippen LogP contribution < -0.4 is 4.74 Å². The number of fused-ring (bicyclic) bond motifs is 3. The molecule has 0 radical (unpaired) electrons. The molecular formula is C37H36BNO7S. The van der Waals surface area contributed by atoms with Gasteiger partial charge in [0.2, 0.25) is 11.8 Å². The number of carbonyl (C=O) groups excluding carboxylic acids is 2. The summed E-state index contributed by atoms with van der Waals surface area (Å²) in [6.45, 7) is 0.345. The Morgan fingerprint density at radius 1 is 0.979 bits per heavy atom. The van der Waals surface area contributed by atoms with Gasteiger partial charge in [-0.1, -0.05) is 54.6 Å². The molecule has 2 aromatic heterocycles. The van der Waals surface area contributed by atoms with Crippen LogP contribution in [0.3, 0.4) is 0 Å². The maximum Gasteiger partial charge on any atom is 0.455 e. The molecule has 4 aromatic rings. The van der Waals surface area contributed by atoms with Gasteiger partial charge in [-0.25, -0.2) is 0 Å². The Kier molecular flexibility index (Phi) is 9.26. The number of hydrogen-bond acceptors (Lipinski definition) is 8. The fraction of sp³-hybridized carbons (Fsp3) is 0.297. The van der Waals surface area contributed by atoms with Crippen LogP contribution in [0.2, 0.25) is 6.32 Å². The third kappa shape index (κ3) is 6.64. The van der Waals surface area contributed by atoms with Crippen LogP contribution in [0, 0.1) is 17.8 Å². The highest BCUT2D eigenvalue weighted by Gasteiger charge is 2.57. The number of benzene rings is 2. The van der Waals surface area contributed by atoms with E-state index in [0.29, 0.717) is 30.8 Å². The second kappa shape index (κ2) is 13.9. The number of ether oxygens (including phenoxy) is 1. The number of aliphatic hydroxyl groups excluding tert-OH is 1. The number of imide groups is 1. The maximum atomic E-state index is 14.0. The first-order valence-electron chi connectivity index (χ1n) is 16.0. The molecule has 2 amide bonds. The second-order valence-electron chi connectivity index (χ2n) is 12.3. The highest BCUT2D eigenvalue weighted by molar-refractivity contribution is 7.09. The lowest BCUT2D eigenvalue weighted by molar-refractivity contribution is -0.140. The minimum atomic E-state index is -1.07. The third-order valence-electron chi connectivity index (χ3n) is 9.42. The topological polar surface area (TPSA) is 109 Å². The number of likely N-dealkylation sites (tertiary alicyclic amines) is 1. The van der Waals surface area contributed by atoms with Crippen molar-refractivity contribution in [2.75, 3.05) is 6.61 Å². The average molecular weight is 650 g/mol. The number of hydrogen-bond donors (Lipinski definition) is 2. The molecule has 2 N–H and O–H groups in total. The van der Waals surface area contributed by atoms with Crippen molar-refractivity contribution in [2.24, 2.45) is 17.8 Å². The zero-order chi connectivity index (χ0) is 32.3. The summed E-state index contributed by atoms with van der Waals surface area (Å²) < 4.78 is 18.3. The van der Waals surface area contributed by atoms with E-state index in [1.165, 1.54) is 16.2 Å². The summed E-state index contributed by atoms with van der Waals surface area (Å²) >= 11 is 1.53. The van der Waals surface area contributed by atoms with Crippen molar-refractivity contribution in [1.29, 1.82) is 0 Å². The van der Waals surface area contributed by atoms with E-state index in [1.54, 1.807) is 6.07 Å². The van der Waals surface area contributed by atoms with Crippen molar-refractivity contribution in [2.45, 2.75) is 44.8 Å². The summed E-state index contributed by atoms with van der Waals surface area (Å²) in [5.41, 5.74) is 3.96. The van der Waals surface area contributed by atoms with Crippen molar-refractivity contribution >= 4 is 41.9 Å². The Labute approximate surface area is 278 Å². The third-order valence-corrected chi connectivity index (χ3v) is 10.3. The standard InChI is InChI=1S/C37H36BNO7S/c40-22-29-15-14-28(45-29)18-25(24-8-3-1-4-9-24)13-16-33-34-26(23-44-27-10-5-2-6-11-27)19-31-35(32(34)20-38(43)46-33)37(42)39(36(31)41)21-30-12-7-17-47-30/h1-12,14-15,17-18,31-33,35,40,43H,13,16,19-23H2/b25-18-/t31-,32+,33-,35-/m1/s1. The van der Waals surface area contributed by atoms with E-state index >= 15 is 0 Å². The summed E-state index contributed by atoms with van der Waals surface area (Å²) in [5, 5.41) is 22.5. The molecule has 1 aliphatic carbocycles. The fourth-order valence-corrected chi connectivity index (χ4v) is 8.02. The van der Waals surface area contributed by atoms with Crippen molar-refractivity contribution in [1.82, 2.24) is 4.90 Å². The van der Waals surface area contributed by atoms with E-state index in [-0.39, 0.29) is 43.8 Å². The van der Waals surface area contributed by atoms with Crippen LogP contribution in [0.25, 0.3) is 11.6 Å². The number of furan rings is 1. The smallest absolute Gasteiger partial charge is 0.455 e. The van der Waals surface area contributed by atoms with Crippen molar-refractivity contribution in [3.8, 4) is 5.75 Å². The summed E-state index contributed by atoms with van der Waals surface area (Å²) in [4.78, 5) is 30.2. The van der Waals surface area contributed by atoms with E-state index in [0.717, 1.165) is 32.9 Å². The van der Waals surface area contributed by atoms with Gasteiger partial charge in [-0.2, -0.15) is 0 Å². The molecule has 240 valence electrons. The zero-order valence-electron chi connectivity index (χ0n) is 25.9. The first-order chi connectivity index (χ1) is 23.0. The number of nitrogens with zero attached hydrogens (tertiary/aromatic N) is 1. The predicted molar refractivity (Wildman–Crippen MR) is 180 cm³/mol. The first-order valence-corrected chi connectivity index (χ1v) is 16.9. The molecule has 7 rings (SSSR count). The molecule has 2 aliphatic heterocycles. The minimum absolute atomic E-state index is 0.155. The van der Waals surface area contributed by atoms with Crippen LogP contribution in [0.1, 0.15) is 41.2 Å². The quantitative estimate of drug-likeness (QED) is 0.113. The van der Waals surface area contributed by atoms with Gasteiger partial charge in [0.05, 0.1) is 24.5 Å². The van der Waals surface area contributed by atoms with E-state index in [4.69, 9.17) is 13.8 Å². The maximum absolute atomic E-state index is 14.0. The highest BCUT2D eigenvalue weighted by Crippen LogP contribution is 2.51. The summed E-state index contributed by atoms with van der Waals surface area (Å²) in [6.07, 6.45) is 3.26. The minimum Gasteiger partial charge on any atom is -0.489 e. The van der Waals surface area contributed by atoms with Gasteiger partial charge in [0.25, 0.3) is 0 Å². The Balaban J connectivity index is 1.21. The lowest BCUT2D eigenvalue weighted by Crippen LogP contribution is -2.46. The Morgan fingerprint density at radius 2 is 1.77 bits per heavy atom. The van der Waals surface area contributed by atoms with E-state index in [1.807, 2.05) is 90.3 Å². The normalized spacial score (nSPS) is 22.9. The molecule has 0 spiro atoms. The average Bonchev–Trinajstić information content (AvgIpc) is 3.84. The first kappa shape index (κ1) is 31.4. The number of amides is 2. The van der Waals surface area contributed by atoms with Gasteiger partial charge < -0.3 is 23.9 Å². The molecule has 3 aliphatic rings. The van der Waals surface area contributed by atoms with Crippen LogP contribution >= 0.6 is 11.3 Å². The molecule has 2 aromatic carbocycles. The largest absolute Gasteiger partial charge is 0.489 e. The van der Waals surface area contributed by atoms with Gasteiger partial charge in [-0.3, -0.25) is 14.5 Å². The van der Waals surface area contributed by atoms with Crippen LogP contribution in [-0.4, -0.2) is 46.7 Å². The summed E-state index contributed by atoms with van der Waals surface area (Å²) in [7, 11) is -1.07. The predicted octanol–water partition coefficient (Wildman–Crippen LogP) is 6.23. The molecule has 4 heterocycles. The van der Waals surface area contributed by atoms with Gasteiger partial charge in [0.1, 0.15) is 30.5 Å². The number of aliphatic hydroxyl groups is 1. The molecule has 4 atom stereocenters. The van der Waals surface area contributed by atoms with Crippen molar-refractivity contribution in [3.05, 3.63) is 123 Å². The van der Waals surface area contributed by atoms with Gasteiger partial charge in [0.15, 0.2) is 0 Å². The summed E-state index contributed by atoms with van der Waals surface area (Å²) in [5.74, 6) is 0.108. The number of allylic oxidation sites excluding steroid dienone is 1. The van der Waals surface area contributed by atoms with Crippen LogP contribution in [-0.2, 0) is 27.4 Å². The monoisotopic (exact) mass is 649 g/mol. The second-order valence-corrected chi connectivity index (χ2v) is 13.3. The molecule has 0 unspecified atom stereocenters. The van der Waals surface area contributed by atoms with Gasteiger partial charge >= 0.3 is 7.12 Å². The van der Waals surface area contributed by atoms with Gasteiger partial charge in [0, 0.05) is 4.88 Å². The SMILES string of the molecule is O=C1[C@@H]2[C@@H](CC(COc3ccccc3)=C3[C@@H](CC/C(=C/c4ccc(CO)o4)c4ccccc4)OB(O)C[C@@H]32)C(=O)N1Cc1cccs1. The van der Waals surface area contributed by atoms with Crippen LogP contribution in [0.5, 0.6) is 5.75 Å². The fourth-order valence-electron chi connectivity index (χ4n) is 7.33. The zero-order valence-corrected chi connectivity index (χ0v) is 26.7. The number of carbonyl (C=O) groups is 2. The lowest BCUT2D eigenvalue weighted by atomic mass is 9.58. The number of para-hydroxylation sites is 1. The van der Waals surface area contributed by atoms with E-state index in [9.17, 15) is 19.7 Å².